The monoisotopic (exact) mass is 209 g/mol. The Morgan fingerprint density at radius 3 is 3.13 bits per heavy atom. The molecule has 7 heteroatoms. The molecule has 1 saturated carbocycles. The molecule has 0 unspecified atom stereocenters. The van der Waals surface area contributed by atoms with Crippen LogP contribution in [0.15, 0.2) is 4.99 Å². The van der Waals surface area contributed by atoms with E-state index in [9.17, 15) is 0 Å². The lowest BCUT2D eigenvalue weighted by molar-refractivity contribution is 0.519. The van der Waals surface area contributed by atoms with E-state index in [0.29, 0.717) is 12.5 Å². The molecule has 1 aliphatic carbocycles. The van der Waals surface area contributed by atoms with Crippen LogP contribution in [-0.4, -0.2) is 33.2 Å². The van der Waals surface area contributed by atoms with Crippen molar-refractivity contribution in [1.82, 2.24) is 25.5 Å². The summed E-state index contributed by atoms with van der Waals surface area (Å²) in [7, 11) is 1.63. The molecule has 0 spiro atoms. The van der Waals surface area contributed by atoms with E-state index in [2.05, 4.69) is 25.8 Å². The van der Waals surface area contributed by atoms with E-state index in [1.165, 1.54) is 12.8 Å². The maximum absolute atomic E-state index is 5.51. The highest BCUT2D eigenvalue weighted by molar-refractivity contribution is 5.77. The normalized spacial score (nSPS) is 16.7. The fourth-order valence-electron chi connectivity index (χ4n) is 1.29. The number of guanidine groups is 1. The summed E-state index contributed by atoms with van der Waals surface area (Å²) < 4.78 is 1.83. The van der Waals surface area contributed by atoms with Crippen LogP contribution in [0.2, 0.25) is 0 Å². The van der Waals surface area contributed by atoms with Gasteiger partial charge in [-0.15, -0.1) is 5.10 Å². The van der Waals surface area contributed by atoms with Gasteiger partial charge in [0.15, 0.2) is 11.8 Å². The summed E-state index contributed by atoms with van der Waals surface area (Å²) in [5.41, 5.74) is 5.51. The van der Waals surface area contributed by atoms with Crippen LogP contribution < -0.4 is 11.1 Å². The molecule has 1 fully saturated rings. The Morgan fingerprint density at radius 2 is 2.47 bits per heavy atom. The molecule has 1 aliphatic rings. The summed E-state index contributed by atoms with van der Waals surface area (Å²) in [6.45, 7) is 1.43. The number of nitrogens with zero attached hydrogens (tertiary/aromatic N) is 5. The fraction of sp³-hybridized carbons (Fsp3) is 0.750. The molecule has 0 aliphatic heterocycles. The van der Waals surface area contributed by atoms with Crippen molar-refractivity contribution in [2.24, 2.45) is 16.6 Å². The van der Waals surface area contributed by atoms with Gasteiger partial charge >= 0.3 is 0 Å². The van der Waals surface area contributed by atoms with Crippen molar-refractivity contribution in [3.8, 4) is 0 Å². The van der Waals surface area contributed by atoms with Crippen LogP contribution in [-0.2, 0) is 13.1 Å². The SMILES string of the molecule is CN=C(N)NCc1nnnn1CC1CC1. The lowest BCUT2D eigenvalue weighted by Crippen LogP contribution is -2.32. The van der Waals surface area contributed by atoms with E-state index >= 15 is 0 Å². The maximum atomic E-state index is 5.51. The third kappa shape index (κ3) is 2.64. The number of hydrogen-bond donors (Lipinski definition) is 2. The molecule has 0 radical (unpaired) electrons. The van der Waals surface area contributed by atoms with Gasteiger partial charge in [-0.05, 0) is 29.2 Å². The first-order chi connectivity index (χ1) is 7.29. The van der Waals surface area contributed by atoms with E-state index in [-0.39, 0.29) is 0 Å². The second-order valence-corrected chi connectivity index (χ2v) is 3.68. The summed E-state index contributed by atoms with van der Waals surface area (Å²) >= 11 is 0. The van der Waals surface area contributed by atoms with Crippen molar-refractivity contribution in [1.29, 1.82) is 0 Å². The fourth-order valence-corrected chi connectivity index (χ4v) is 1.29. The standard InChI is InChI=1S/C8H15N7/c1-10-8(9)11-4-7-12-13-14-15(7)5-6-2-3-6/h6H,2-5H2,1H3,(H3,9,10,11). The minimum Gasteiger partial charge on any atom is -0.370 e. The second-order valence-electron chi connectivity index (χ2n) is 3.68. The van der Waals surface area contributed by atoms with Gasteiger partial charge in [-0.3, -0.25) is 4.99 Å². The Morgan fingerprint density at radius 1 is 1.67 bits per heavy atom. The summed E-state index contributed by atoms with van der Waals surface area (Å²) in [6, 6.07) is 0. The topological polar surface area (TPSA) is 94.0 Å². The molecule has 1 aromatic rings. The van der Waals surface area contributed by atoms with Gasteiger partial charge in [-0.1, -0.05) is 0 Å². The van der Waals surface area contributed by atoms with Crippen LogP contribution in [0.25, 0.3) is 0 Å². The average molecular weight is 209 g/mol. The molecule has 7 nitrogen and oxygen atoms in total. The molecular formula is C8H15N7. The van der Waals surface area contributed by atoms with Gasteiger partial charge in [0.05, 0.1) is 6.54 Å². The zero-order chi connectivity index (χ0) is 10.7. The third-order valence-electron chi connectivity index (χ3n) is 2.40. The van der Waals surface area contributed by atoms with E-state index in [0.717, 1.165) is 18.3 Å². The highest BCUT2D eigenvalue weighted by Crippen LogP contribution is 2.30. The number of nitrogens with two attached hydrogens (primary N) is 1. The zero-order valence-corrected chi connectivity index (χ0v) is 8.72. The van der Waals surface area contributed by atoms with Crippen LogP contribution in [0.5, 0.6) is 0 Å². The molecule has 82 valence electrons. The first-order valence-corrected chi connectivity index (χ1v) is 5.00. The molecule has 1 aromatic heterocycles. The minimum atomic E-state index is 0.399. The van der Waals surface area contributed by atoms with Crippen LogP contribution in [0.1, 0.15) is 18.7 Å². The van der Waals surface area contributed by atoms with E-state index in [1.807, 2.05) is 4.68 Å². The Balaban J connectivity index is 1.91. The lowest BCUT2D eigenvalue weighted by Gasteiger charge is -2.05. The van der Waals surface area contributed by atoms with Gasteiger partial charge in [0, 0.05) is 13.6 Å². The number of rotatable bonds is 4. The smallest absolute Gasteiger partial charge is 0.188 e. The summed E-state index contributed by atoms with van der Waals surface area (Å²) in [5, 5.41) is 14.4. The van der Waals surface area contributed by atoms with Crippen molar-refractivity contribution in [3.05, 3.63) is 5.82 Å². The van der Waals surface area contributed by atoms with Crippen LogP contribution in [0.4, 0.5) is 0 Å². The Hall–Kier alpha value is -1.66. The molecule has 2 rings (SSSR count). The van der Waals surface area contributed by atoms with Crippen molar-refractivity contribution < 1.29 is 0 Å². The molecule has 0 atom stereocenters. The molecule has 0 aromatic carbocycles. The largest absolute Gasteiger partial charge is 0.370 e. The first kappa shape index (κ1) is 9.88. The molecule has 0 bridgehead atoms. The lowest BCUT2D eigenvalue weighted by atomic mass is 10.4. The van der Waals surface area contributed by atoms with Crippen molar-refractivity contribution in [2.45, 2.75) is 25.9 Å². The number of nitrogens with one attached hydrogen (secondary N) is 1. The van der Waals surface area contributed by atoms with Crippen LogP contribution >= 0.6 is 0 Å². The number of aromatic nitrogens is 4. The second kappa shape index (κ2) is 4.24. The highest BCUT2D eigenvalue weighted by atomic mass is 15.5. The zero-order valence-electron chi connectivity index (χ0n) is 8.72. The van der Waals surface area contributed by atoms with Gasteiger partial charge in [0.2, 0.25) is 0 Å². The molecule has 15 heavy (non-hydrogen) atoms. The Bertz CT molecular complexity index is 352. The predicted molar refractivity (Wildman–Crippen MR) is 54.9 cm³/mol. The molecule has 1 heterocycles. The Labute approximate surface area is 87.7 Å². The summed E-state index contributed by atoms with van der Waals surface area (Å²) in [4.78, 5) is 3.80. The van der Waals surface area contributed by atoms with E-state index in [4.69, 9.17) is 5.73 Å². The van der Waals surface area contributed by atoms with Gasteiger partial charge in [-0.2, -0.15) is 0 Å². The number of aliphatic imine (C=N–C) groups is 1. The highest BCUT2D eigenvalue weighted by Gasteiger charge is 2.23. The van der Waals surface area contributed by atoms with Gasteiger partial charge in [0.1, 0.15) is 0 Å². The van der Waals surface area contributed by atoms with Crippen LogP contribution in [0, 0.1) is 5.92 Å². The van der Waals surface area contributed by atoms with E-state index in [1.54, 1.807) is 7.05 Å². The van der Waals surface area contributed by atoms with Crippen molar-refractivity contribution >= 4 is 5.96 Å². The Kier molecular flexibility index (Phi) is 2.79. The first-order valence-electron chi connectivity index (χ1n) is 5.00. The predicted octanol–water partition coefficient (Wildman–Crippen LogP) is -0.883. The van der Waals surface area contributed by atoms with Crippen molar-refractivity contribution in [3.63, 3.8) is 0 Å². The quantitative estimate of drug-likeness (QED) is 0.496. The summed E-state index contributed by atoms with van der Waals surface area (Å²) in [5.74, 6) is 1.95. The molecular weight excluding hydrogens is 194 g/mol. The third-order valence-corrected chi connectivity index (χ3v) is 2.40. The summed E-state index contributed by atoms with van der Waals surface area (Å²) in [6.07, 6.45) is 2.57. The van der Waals surface area contributed by atoms with Gasteiger partial charge in [0.25, 0.3) is 0 Å². The molecule has 0 amide bonds. The molecule has 0 saturated heterocycles. The number of tetrazole rings is 1. The average Bonchev–Trinajstić information content (AvgIpc) is 2.94. The van der Waals surface area contributed by atoms with Gasteiger partial charge < -0.3 is 11.1 Å². The van der Waals surface area contributed by atoms with E-state index < -0.39 is 0 Å². The van der Waals surface area contributed by atoms with Crippen LogP contribution in [0.3, 0.4) is 0 Å². The molecule has 3 N–H and O–H groups in total. The van der Waals surface area contributed by atoms with Gasteiger partial charge in [-0.25, -0.2) is 4.68 Å². The van der Waals surface area contributed by atoms with Crippen molar-refractivity contribution in [2.75, 3.05) is 7.05 Å². The maximum Gasteiger partial charge on any atom is 0.188 e. The number of hydrogen-bond acceptors (Lipinski definition) is 4. The minimum absolute atomic E-state index is 0.399.